The number of hydrogen-bond acceptors (Lipinski definition) is 2. The molecule has 1 amide bonds. The van der Waals surface area contributed by atoms with Crippen molar-refractivity contribution < 1.29 is 9.90 Å². The van der Waals surface area contributed by atoms with Gasteiger partial charge in [0.25, 0.3) is 0 Å². The first-order chi connectivity index (χ1) is 9.02. The van der Waals surface area contributed by atoms with E-state index in [2.05, 4.69) is 12.2 Å². The molecular formula is C16H33NO2. The average molecular weight is 271 g/mol. The van der Waals surface area contributed by atoms with E-state index in [-0.39, 0.29) is 12.5 Å². The molecule has 0 aliphatic carbocycles. The lowest BCUT2D eigenvalue weighted by Crippen LogP contribution is -2.46. The van der Waals surface area contributed by atoms with E-state index >= 15 is 0 Å². The summed E-state index contributed by atoms with van der Waals surface area (Å²) in [7, 11) is 0. The first-order valence-corrected chi connectivity index (χ1v) is 7.93. The molecule has 0 aromatic carbocycles. The largest absolute Gasteiger partial charge is 0.394 e. The van der Waals surface area contributed by atoms with Gasteiger partial charge in [0.2, 0.25) is 5.91 Å². The fraction of sp³-hybridized carbons (Fsp3) is 0.938. The van der Waals surface area contributed by atoms with Gasteiger partial charge in [-0.25, -0.2) is 0 Å². The lowest BCUT2D eigenvalue weighted by molar-refractivity contribution is -0.123. The van der Waals surface area contributed by atoms with Gasteiger partial charge in [0.1, 0.15) is 0 Å². The first kappa shape index (κ1) is 18.4. The van der Waals surface area contributed by atoms with Gasteiger partial charge >= 0.3 is 0 Å². The lowest BCUT2D eigenvalue weighted by Gasteiger charge is -2.23. The van der Waals surface area contributed by atoms with Crippen LogP contribution in [0.5, 0.6) is 0 Å². The molecule has 2 N–H and O–H groups in total. The van der Waals surface area contributed by atoms with E-state index in [1.165, 1.54) is 44.9 Å². The van der Waals surface area contributed by atoms with E-state index < -0.39 is 5.54 Å². The fourth-order valence-electron chi connectivity index (χ4n) is 2.08. The second-order valence-electron chi connectivity index (χ2n) is 6.17. The molecule has 0 spiro atoms. The third-order valence-corrected chi connectivity index (χ3v) is 3.38. The molecular weight excluding hydrogens is 238 g/mol. The van der Waals surface area contributed by atoms with Gasteiger partial charge in [-0.05, 0) is 20.3 Å². The molecule has 0 saturated carbocycles. The smallest absolute Gasteiger partial charge is 0.220 e. The standard InChI is InChI=1S/C16H33NO2/c1-4-5-6-7-8-9-10-11-12-13-15(19)17-16(2,3)14-18/h18H,4-14H2,1-3H3,(H,17,19). The normalized spacial score (nSPS) is 11.6. The predicted molar refractivity (Wildman–Crippen MR) is 81.2 cm³/mol. The van der Waals surface area contributed by atoms with Crippen LogP contribution < -0.4 is 5.32 Å². The highest BCUT2D eigenvalue weighted by Crippen LogP contribution is 2.10. The Kier molecular flexibility index (Phi) is 10.9. The predicted octanol–water partition coefficient (Wildman–Crippen LogP) is 3.79. The summed E-state index contributed by atoms with van der Waals surface area (Å²) in [4.78, 5) is 11.6. The van der Waals surface area contributed by atoms with Crippen LogP contribution in [0.15, 0.2) is 0 Å². The monoisotopic (exact) mass is 271 g/mol. The van der Waals surface area contributed by atoms with Crippen LogP contribution in [-0.2, 0) is 4.79 Å². The molecule has 3 nitrogen and oxygen atoms in total. The topological polar surface area (TPSA) is 49.3 Å². The van der Waals surface area contributed by atoms with E-state index in [1.807, 2.05) is 13.8 Å². The SMILES string of the molecule is CCCCCCCCCCCC(=O)NC(C)(C)CO. The minimum atomic E-state index is -0.490. The van der Waals surface area contributed by atoms with E-state index in [1.54, 1.807) is 0 Å². The Bertz CT molecular complexity index is 227. The number of nitrogens with one attached hydrogen (secondary N) is 1. The highest BCUT2D eigenvalue weighted by atomic mass is 16.3. The zero-order chi connectivity index (χ0) is 14.6. The Morgan fingerprint density at radius 2 is 1.42 bits per heavy atom. The number of hydrogen-bond donors (Lipinski definition) is 2. The number of rotatable bonds is 12. The van der Waals surface area contributed by atoms with Crippen LogP contribution in [-0.4, -0.2) is 23.2 Å². The first-order valence-electron chi connectivity index (χ1n) is 7.93. The Hall–Kier alpha value is -0.570. The van der Waals surface area contributed by atoms with Gasteiger partial charge in [0.15, 0.2) is 0 Å². The van der Waals surface area contributed by atoms with Crippen LogP contribution in [0.3, 0.4) is 0 Å². The van der Waals surface area contributed by atoms with E-state index in [0.717, 1.165) is 12.8 Å². The van der Waals surface area contributed by atoms with Crippen molar-refractivity contribution in [2.45, 2.75) is 90.5 Å². The molecule has 0 aliphatic rings. The van der Waals surface area contributed by atoms with Gasteiger partial charge in [-0.2, -0.15) is 0 Å². The molecule has 114 valence electrons. The van der Waals surface area contributed by atoms with Crippen LogP contribution >= 0.6 is 0 Å². The van der Waals surface area contributed by atoms with Gasteiger partial charge in [-0.3, -0.25) is 4.79 Å². The number of amides is 1. The van der Waals surface area contributed by atoms with Crippen molar-refractivity contribution in [3.8, 4) is 0 Å². The maximum atomic E-state index is 11.6. The summed E-state index contributed by atoms with van der Waals surface area (Å²) in [6.07, 6.45) is 12.0. The molecule has 0 rings (SSSR count). The van der Waals surface area contributed by atoms with Crippen LogP contribution in [0, 0.1) is 0 Å². The van der Waals surface area contributed by atoms with Crippen molar-refractivity contribution in [2.75, 3.05) is 6.61 Å². The van der Waals surface area contributed by atoms with Crippen LogP contribution in [0.2, 0.25) is 0 Å². The average Bonchev–Trinajstić information content (AvgIpc) is 2.36. The number of aliphatic hydroxyl groups excluding tert-OH is 1. The van der Waals surface area contributed by atoms with Crippen molar-refractivity contribution in [1.29, 1.82) is 0 Å². The maximum Gasteiger partial charge on any atom is 0.220 e. The number of carbonyl (C=O) groups excluding carboxylic acids is 1. The molecule has 0 fully saturated rings. The molecule has 0 radical (unpaired) electrons. The van der Waals surface area contributed by atoms with Gasteiger partial charge in [0.05, 0.1) is 12.1 Å². The Morgan fingerprint density at radius 1 is 0.947 bits per heavy atom. The van der Waals surface area contributed by atoms with Crippen LogP contribution in [0.1, 0.15) is 85.0 Å². The Morgan fingerprint density at radius 3 is 1.89 bits per heavy atom. The quantitative estimate of drug-likeness (QED) is 0.530. The summed E-state index contributed by atoms with van der Waals surface area (Å²) in [5.41, 5.74) is -0.490. The lowest BCUT2D eigenvalue weighted by atomic mass is 10.0. The zero-order valence-corrected chi connectivity index (χ0v) is 13.1. The fourth-order valence-corrected chi connectivity index (χ4v) is 2.08. The van der Waals surface area contributed by atoms with Crippen LogP contribution in [0.25, 0.3) is 0 Å². The molecule has 0 aliphatic heterocycles. The minimum absolute atomic E-state index is 0.0174. The molecule has 0 unspecified atom stereocenters. The summed E-state index contributed by atoms with van der Waals surface area (Å²) >= 11 is 0. The molecule has 19 heavy (non-hydrogen) atoms. The van der Waals surface area contributed by atoms with E-state index in [0.29, 0.717) is 6.42 Å². The summed E-state index contributed by atoms with van der Waals surface area (Å²) in [6.45, 7) is 5.89. The molecule has 0 aromatic rings. The van der Waals surface area contributed by atoms with Gasteiger partial charge in [-0.15, -0.1) is 0 Å². The summed E-state index contributed by atoms with van der Waals surface area (Å²) in [5.74, 6) is 0.0574. The molecule has 0 bridgehead atoms. The van der Waals surface area contributed by atoms with Gasteiger partial charge in [0, 0.05) is 6.42 Å². The summed E-state index contributed by atoms with van der Waals surface area (Å²) in [5, 5.41) is 11.9. The third-order valence-electron chi connectivity index (χ3n) is 3.38. The molecule has 0 aromatic heterocycles. The van der Waals surface area contributed by atoms with Crippen molar-refractivity contribution >= 4 is 5.91 Å². The molecule has 3 heteroatoms. The van der Waals surface area contributed by atoms with E-state index in [9.17, 15) is 4.79 Å². The van der Waals surface area contributed by atoms with Gasteiger partial charge < -0.3 is 10.4 Å². The number of carbonyl (C=O) groups is 1. The summed E-state index contributed by atoms with van der Waals surface area (Å²) < 4.78 is 0. The zero-order valence-electron chi connectivity index (χ0n) is 13.1. The van der Waals surface area contributed by atoms with Crippen molar-refractivity contribution in [3.05, 3.63) is 0 Å². The van der Waals surface area contributed by atoms with Crippen molar-refractivity contribution in [1.82, 2.24) is 5.32 Å². The van der Waals surface area contributed by atoms with Gasteiger partial charge in [-0.1, -0.05) is 58.3 Å². The van der Waals surface area contributed by atoms with E-state index in [4.69, 9.17) is 5.11 Å². The number of aliphatic hydroxyl groups is 1. The minimum Gasteiger partial charge on any atom is -0.394 e. The van der Waals surface area contributed by atoms with Crippen molar-refractivity contribution in [3.63, 3.8) is 0 Å². The Balaban J connectivity index is 3.32. The van der Waals surface area contributed by atoms with Crippen LogP contribution in [0.4, 0.5) is 0 Å². The molecule has 0 atom stereocenters. The molecule has 0 saturated heterocycles. The highest BCUT2D eigenvalue weighted by molar-refractivity contribution is 5.76. The highest BCUT2D eigenvalue weighted by Gasteiger charge is 2.18. The third kappa shape index (κ3) is 12.2. The van der Waals surface area contributed by atoms with Crippen molar-refractivity contribution in [2.24, 2.45) is 0 Å². The second kappa shape index (κ2) is 11.3. The maximum absolute atomic E-state index is 11.6. The molecule has 0 heterocycles. The number of unbranched alkanes of at least 4 members (excludes halogenated alkanes) is 8. The second-order valence-corrected chi connectivity index (χ2v) is 6.17. The Labute approximate surface area is 119 Å². The summed E-state index contributed by atoms with van der Waals surface area (Å²) in [6, 6.07) is 0.